The topological polar surface area (TPSA) is 75.7 Å². The van der Waals surface area contributed by atoms with Crippen LogP contribution < -0.4 is 5.32 Å². The van der Waals surface area contributed by atoms with E-state index in [1.54, 1.807) is 4.90 Å². The molecule has 0 spiro atoms. The number of rotatable bonds is 7. The molecule has 2 aromatic carbocycles. The average molecular weight is 425 g/mol. The molecule has 1 saturated heterocycles. The molecule has 0 aromatic heterocycles. The highest BCUT2D eigenvalue weighted by Gasteiger charge is 2.27. The molecule has 1 heterocycles. The predicted molar refractivity (Wildman–Crippen MR) is 120 cm³/mol. The summed E-state index contributed by atoms with van der Waals surface area (Å²) in [6, 6.07) is 13.0. The van der Waals surface area contributed by atoms with Crippen molar-refractivity contribution in [2.75, 3.05) is 19.7 Å². The average Bonchev–Trinajstić information content (AvgIpc) is 3.05. The van der Waals surface area contributed by atoms with E-state index < -0.39 is 12.0 Å². The number of hydrogen-bond donors (Lipinski definition) is 1. The maximum atomic E-state index is 12.7. The van der Waals surface area contributed by atoms with Gasteiger partial charge in [0, 0.05) is 13.1 Å². The van der Waals surface area contributed by atoms with E-state index in [1.807, 2.05) is 56.3 Å². The third-order valence-corrected chi connectivity index (χ3v) is 5.76. The molecule has 31 heavy (non-hydrogen) atoms. The van der Waals surface area contributed by atoms with Crippen LogP contribution in [0.3, 0.4) is 0 Å². The Bertz CT molecular complexity index is 911. The zero-order chi connectivity index (χ0) is 22.2. The standard InChI is InChI=1S/C25H32N2O4/c1-18(2)24(25(30)31-17-23(29)27-14-7-3-4-8-15-27)26-22(28)16-20-12-9-11-19-10-5-6-13-21(19)20/h5-6,9-13,18,24H,3-4,7-8,14-17H2,1-2H3,(H,26,28)/t24-/m0/s1. The number of hydrogen-bond acceptors (Lipinski definition) is 4. The van der Waals surface area contributed by atoms with E-state index >= 15 is 0 Å². The van der Waals surface area contributed by atoms with Gasteiger partial charge in [-0.15, -0.1) is 0 Å². The first-order chi connectivity index (χ1) is 15.0. The first-order valence-electron chi connectivity index (χ1n) is 11.2. The summed E-state index contributed by atoms with van der Waals surface area (Å²) in [5.41, 5.74) is 0.905. The van der Waals surface area contributed by atoms with E-state index in [-0.39, 0.29) is 30.8 Å². The lowest BCUT2D eigenvalue weighted by Crippen LogP contribution is -2.47. The Morgan fingerprint density at radius 3 is 2.35 bits per heavy atom. The molecule has 2 aromatic rings. The zero-order valence-electron chi connectivity index (χ0n) is 18.4. The van der Waals surface area contributed by atoms with Crippen LogP contribution >= 0.6 is 0 Å². The molecule has 1 N–H and O–H groups in total. The minimum atomic E-state index is -0.792. The summed E-state index contributed by atoms with van der Waals surface area (Å²) in [5.74, 6) is -1.13. The molecule has 3 rings (SSSR count). The Labute approximate surface area is 183 Å². The fourth-order valence-corrected chi connectivity index (χ4v) is 3.98. The van der Waals surface area contributed by atoms with E-state index in [2.05, 4.69) is 5.32 Å². The molecule has 0 bridgehead atoms. The molecule has 1 aliphatic heterocycles. The highest BCUT2D eigenvalue weighted by atomic mass is 16.5. The quantitative estimate of drug-likeness (QED) is 0.691. The molecule has 2 amide bonds. The van der Waals surface area contributed by atoms with Gasteiger partial charge in [0.25, 0.3) is 5.91 Å². The van der Waals surface area contributed by atoms with Gasteiger partial charge in [0.15, 0.2) is 6.61 Å². The molecule has 0 unspecified atom stereocenters. The summed E-state index contributed by atoms with van der Waals surface area (Å²) in [7, 11) is 0. The first-order valence-corrected chi connectivity index (χ1v) is 11.2. The molecule has 1 atom stereocenters. The fourth-order valence-electron chi connectivity index (χ4n) is 3.98. The third-order valence-electron chi connectivity index (χ3n) is 5.76. The molecule has 0 radical (unpaired) electrons. The fraction of sp³-hybridized carbons (Fsp3) is 0.480. The predicted octanol–water partition coefficient (Wildman–Crippen LogP) is 3.47. The number of ether oxygens (including phenoxy) is 1. The van der Waals surface area contributed by atoms with Crippen LogP contribution in [0.25, 0.3) is 10.8 Å². The van der Waals surface area contributed by atoms with E-state index in [0.29, 0.717) is 13.1 Å². The minimum Gasteiger partial charge on any atom is -0.454 e. The molecule has 6 heteroatoms. The smallest absolute Gasteiger partial charge is 0.329 e. The van der Waals surface area contributed by atoms with Crippen molar-refractivity contribution < 1.29 is 19.1 Å². The second-order valence-electron chi connectivity index (χ2n) is 8.51. The van der Waals surface area contributed by atoms with Crippen LogP contribution in [0.1, 0.15) is 45.1 Å². The van der Waals surface area contributed by atoms with Gasteiger partial charge in [0.2, 0.25) is 5.91 Å². The molecule has 166 valence electrons. The van der Waals surface area contributed by atoms with Gasteiger partial charge in [-0.05, 0) is 35.1 Å². The Kier molecular flexibility index (Phi) is 8.04. The number of benzene rings is 2. The molecule has 0 saturated carbocycles. The van der Waals surface area contributed by atoms with Crippen LogP contribution in [-0.2, 0) is 25.5 Å². The summed E-state index contributed by atoms with van der Waals surface area (Å²) in [5, 5.41) is 4.89. The van der Waals surface area contributed by atoms with Crippen molar-refractivity contribution in [1.29, 1.82) is 0 Å². The van der Waals surface area contributed by atoms with Crippen molar-refractivity contribution in [3.8, 4) is 0 Å². The number of carbonyl (C=O) groups excluding carboxylic acids is 3. The van der Waals surface area contributed by atoms with Crippen LogP contribution in [0, 0.1) is 5.92 Å². The lowest BCUT2D eigenvalue weighted by molar-refractivity contribution is -0.155. The van der Waals surface area contributed by atoms with Gasteiger partial charge in [-0.25, -0.2) is 4.79 Å². The van der Waals surface area contributed by atoms with Crippen LogP contribution in [0.4, 0.5) is 0 Å². The van der Waals surface area contributed by atoms with Crippen molar-refractivity contribution in [1.82, 2.24) is 10.2 Å². The number of esters is 1. The van der Waals surface area contributed by atoms with Crippen molar-refractivity contribution in [3.05, 3.63) is 48.0 Å². The highest BCUT2D eigenvalue weighted by Crippen LogP contribution is 2.19. The molecular formula is C25H32N2O4. The van der Waals surface area contributed by atoms with E-state index in [9.17, 15) is 14.4 Å². The molecule has 1 fully saturated rings. The molecular weight excluding hydrogens is 392 g/mol. The third kappa shape index (κ3) is 6.29. The summed E-state index contributed by atoms with van der Waals surface area (Å²) in [4.78, 5) is 39.5. The first kappa shape index (κ1) is 22.8. The van der Waals surface area contributed by atoms with E-state index in [0.717, 1.165) is 42.0 Å². The lowest BCUT2D eigenvalue weighted by atomic mass is 10.0. The Morgan fingerprint density at radius 2 is 1.65 bits per heavy atom. The van der Waals surface area contributed by atoms with Crippen molar-refractivity contribution in [3.63, 3.8) is 0 Å². The molecule has 6 nitrogen and oxygen atoms in total. The monoisotopic (exact) mass is 424 g/mol. The van der Waals surface area contributed by atoms with E-state index in [4.69, 9.17) is 4.74 Å². The molecule has 1 aliphatic rings. The van der Waals surface area contributed by atoms with Crippen LogP contribution in [0.5, 0.6) is 0 Å². The number of likely N-dealkylation sites (tertiary alicyclic amines) is 1. The Hall–Kier alpha value is -2.89. The number of nitrogens with zero attached hydrogens (tertiary/aromatic N) is 1. The largest absolute Gasteiger partial charge is 0.454 e. The van der Waals surface area contributed by atoms with E-state index in [1.165, 1.54) is 0 Å². The van der Waals surface area contributed by atoms with Gasteiger partial charge in [0.05, 0.1) is 6.42 Å². The normalized spacial score (nSPS) is 15.4. The summed E-state index contributed by atoms with van der Waals surface area (Å²) < 4.78 is 5.30. The van der Waals surface area contributed by atoms with Gasteiger partial charge in [-0.3, -0.25) is 9.59 Å². The van der Waals surface area contributed by atoms with Gasteiger partial charge in [0.1, 0.15) is 6.04 Å². The number of carbonyl (C=O) groups is 3. The zero-order valence-corrected chi connectivity index (χ0v) is 18.4. The van der Waals surface area contributed by atoms with Gasteiger partial charge in [-0.2, -0.15) is 0 Å². The maximum Gasteiger partial charge on any atom is 0.329 e. The van der Waals surface area contributed by atoms with Crippen molar-refractivity contribution in [2.45, 2.75) is 52.0 Å². The number of fused-ring (bicyclic) bond motifs is 1. The van der Waals surface area contributed by atoms with Gasteiger partial charge in [-0.1, -0.05) is 69.2 Å². The maximum absolute atomic E-state index is 12.7. The summed E-state index contributed by atoms with van der Waals surface area (Å²) in [6.07, 6.45) is 4.39. The van der Waals surface area contributed by atoms with Crippen molar-refractivity contribution >= 4 is 28.6 Å². The molecule has 0 aliphatic carbocycles. The lowest BCUT2D eigenvalue weighted by Gasteiger charge is -2.23. The van der Waals surface area contributed by atoms with Gasteiger partial charge >= 0.3 is 5.97 Å². The SMILES string of the molecule is CC(C)[C@H](NC(=O)Cc1cccc2ccccc12)C(=O)OCC(=O)N1CCCCCC1. The summed E-state index contributed by atoms with van der Waals surface area (Å²) >= 11 is 0. The minimum absolute atomic E-state index is 0.155. The van der Waals surface area contributed by atoms with Crippen LogP contribution in [0.15, 0.2) is 42.5 Å². The summed E-state index contributed by atoms with van der Waals surface area (Å²) in [6.45, 7) is 4.85. The number of amides is 2. The van der Waals surface area contributed by atoms with Crippen LogP contribution in [-0.4, -0.2) is 48.4 Å². The van der Waals surface area contributed by atoms with Gasteiger partial charge < -0.3 is 15.0 Å². The highest BCUT2D eigenvalue weighted by molar-refractivity contribution is 5.92. The van der Waals surface area contributed by atoms with Crippen molar-refractivity contribution in [2.24, 2.45) is 5.92 Å². The second kappa shape index (κ2) is 10.9. The van der Waals surface area contributed by atoms with Crippen LogP contribution in [0.2, 0.25) is 0 Å². The Morgan fingerprint density at radius 1 is 0.968 bits per heavy atom. The Balaban J connectivity index is 1.57. The second-order valence-corrected chi connectivity index (χ2v) is 8.51. The number of nitrogens with one attached hydrogen (secondary N) is 1.